The molecule has 0 amide bonds. The van der Waals surface area contributed by atoms with Crippen molar-refractivity contribution in [3.05, 3.63) is 39.4 Å². The van der Waals surface area contributed by atoms with Crippen molar-refractivity contribution < 1.29 is 14.8 Å². The van der Waals surface area contributed by atoms with Gasteiger partial charge in [-0.15, -0.1) is 0 Å². The van der Waals surface area contributed by atoms with Crippen molar-refractivity contribution in [3.8, 4) is 11.8 Å². The molecule has 1 N–H and O–H groups in total. The topological polar surface area (TPSA) is 80.4 Å². The standard InChI is InChI=1S/C11H9NO4/c1-8-5-6-9(3-2-4-11(13)14)7-10(8)12(15)16/h5-7H,4H2,1H3,(H,13,14). The summed E-state index contributed by atoms with van der Waals surface area (Å²) >= 11 is 0. The summed E-state index contributed by atoms with van der Waals surface area (Å²) in [6.45, 7) is 1.63. The van der Waals surface area contributed by atoms with Crippen LogP contribution in [0.25, 0.3) is 0 Å². The Bertz CT molecular complexity index is 496. The van der Waals surface area contributed by atoms with E-state index in [1.165, 1.54) is 6.07 Å². The molecule has 0 aliphatic rings. The quantitative estimate of drug-likeness (QED) is 0.466. The molecule has 0 aromatic heterocycles. The fourth-order valence-corrected chi connectivity index (χ4v) is 1.11. The molecular formula is C11H9NO4. The maximum atomic E-state index is 10.6. The van der Waals surface area contributed by atoms with Crippen molar-refractivity contribution in [3.63, 3.8) is 0 Å². The minimum Gasteiger partial charge on any atom is -0.481 e. The van der Waals surface area contributed by atoms with Crippen molar-refractivity contribution >= 4 is 11.7 Å². The summed E-state index contributed by atoms with van der Waals surface area (Å²) in [5, 5.41) is 19.0. The zero-order valence-electron chi connectivity index (χ0n) is 8.56. The average molecular weight is 219 g/mol. The lowest BCUT2D eigenvalue weighted by molar-refractivity contribution is -0.385. The number of nitrogens with zero attached hydrogens (tertiary/aromatic N) is 1. The van der Waals surface area contributed by atoms with Gasteiger partial charge in [-0.2, -0.15) is 0 Å². The number of rotatable bonds is 2. The second-order valence-electron chi connectivity index (χ2n) is 3.13. The van der Waals surface area contributed by atoms with Crippen molar-refractivity contribution in [1.29, 1.82) is 0 Å². The minimum absolute atomic E-state index is 0.0119. The molecule has 1 rings (SSSR count). The number of carboxylic acids is 1. The van der Waals surface area contributed by atoms with Crippen LogP contribution in [0.2, 0.25) is 0 Å². The number of hydrogen-bond donors (Lipinski definition) is 1. The molecule has 82 valence electrons. The van der Waals surface area contributed by atoms with E-state index in [0.717, 1.165) is 0 Å². The maximum absolute atomic E-state index is 10.6. The fraction of sp³-hybridized carbons (Fsp3) is 0.182. The summed E-state index contributed by atoms with van der Waals surface area (Å²) in [4.78, 5) is 20.3. The molecule has 0 atom stereocenters. The number of carbonyl (C=O) groups is 1. The number of nitro benzene ring substituents is 1. The Morgan fingerprint density at radius 1 is 1.56 bits per heavy atom. The van der Waals surface area contributed by atoms with E-state index in [1.807, 2.05) is 0 Å². The molecule has 0 heterocycles. The molecule has 1 aromatic rings. The first-order valence-electron chi connectivity index (χ1n) is 4.46. The summed E-state index contributed by atoms with van der Waals surface area (Å²) in [5.41, 5.74) is 0.981. The van der Waals surface area contributed by atoms with Gasteiger partial charge in [0.2, 0.25) is 0 Å². The predicted octanol–water partition coefficient (Wildman–Crippen LogP) is 1.73. The average Bonchev–Trinajstić information content (AvgIpc) is 2.19. The molecule has 0 saturated heterocycles. The number of nitro groups is 1. The van der Waals surface area contributed by atoms with Crippen molar-refractivity contribution in [2.24, 2.45) is 0 Å². The van der Waals surface area contributed by atoms with Crippen LogP contribution in [0.3, 0.4) is 0 Å². The van der Waals surface area contributed by atoms with Gasteiger partial charge in [0.05, 0.1) is 4.92 Å². The Hall–Kier alpha value is -2.35. The number of carboxylic acid groups (broad SMARTS) is 1. The molecular weight excluding hydrogens is 210 g/mol. The van der Waals surface area contributed by atoms with Crippen molar-refractivity contribution in [1.82, 2.24) is 0 Å². The number of benzene rings is 1. The molecule has 0 saturated carbocycles. The highest BCUT2D eigenvalue weighted by molar-refractivity contribution is 5.70. The van der Waals surface area contributed by atoms with Crippen LogP contribution in [-0.2, 0) is 4.79 Å². The SMILES string of the molecule is Cc1ccc(C#CCC(=O)O)cc1[N+](=O)[O-]. The third-order valence-corrected chi connectivity index (χ3v) is 1.88. The first-order valence-corrected chi connectivity index (χ1v) is 4.46. The van der Waals surface area contributed by atoms with Gasteiger partial charge in [-0.3, -0.25) is 14.9 Å². The van der Waals surface area contributed by atoms with Gasteiger partial charge in [-0.1, -0.05) is 17.9 Å². The molecule has 0 fully saturated rings. The van der Waals surface area contributed by atoms with Crippen LogP contribution in [0, 0.1) is 28.9 Å². The van der Waals surface area contributed by atoms with E-state index < -0.39 is 10.9 Å². The van der Waals surface area contributed by atoms with E-state index in [1.54, 1.807) is 19.1 Å². The van der Waals surface area contributed by atoms with E-state index >= 15 is 0 Å². The van der Waals surface area contributed by atoms with Gasteiger partial charge < -0.3 is 5.11 Å². The maximum Gasteiger partial charge on any atom is 0.315 e. The highest BCUT2D eigenvalue weighted by Gasteiger charge is 2.09. The Balaban J connectivity index is 2.98. The van der Waals surface area contributed by atoms with Crippen LogP contribution >= 0.6 is 0 Å². The molecule has 0 radical (unpaired) electrons. The van der Waals surface area contributed by atoms with Crippen LogP contribution in [0.5, 0.6) is 0 Å². The first kappa shape index (κ1) is 11.7. The van der Waals surface area contributed by atoms with Gasteiger partial charge in [0.15, 0.2) is 0 Å². The van der Waals surface area contributed by atoms with E-state index in [2.05, 4.69) is 11.8 Å². The van der Waals surface area contributed by atoms with Gasteiger partial charge in [-0.25, -0.2) is 0 Å². The fourth-order valence-electron chi connectivity index (χ4n) is 1.11. The minimum atomic E-state index is -1.02. The Morgan fingerprint density at radius 3 is 2.81 bits per heavy atom. The van der Waals surface area contributed by atoms with E-state index in [4.69, 9.17) is 5.11 Å². The van der Waals surface area contributed by atoms with Crippen molar-refractivity contribution in [2.45, 2.75) is 13.3 Å². The Morgan fingerprint density at radius 2 is 2.25 bits per heavy atom. The van der Waals surface area contributed by atoms with Gasteiger partial charge in [0.25, 0.3) is 5.69 Å². The summed E-state index contributed by atoms with van der Waals surface area (Å²) in [5.74, 6) is 3.96. The van der Waals surface area contributed by atoms with E-state index in [9.17, 15) is 14.9 Å². The van der Waals surface area contributed by atoms with Gasteiger partial charge in [0.1, 0.15) is 6.42 Å². The van der Waals surface area contributed by atoms with E-state index in [0.29, 0.717) is 11.1 Å². The molecule has 5 heteroatoms. The highest BCUT2D eigenvalue weighted by Crippen LogP contribution is 2.18. The summed E-state index contributed by atoms with van der Waals surface area (Å²) in [6, 6.07) is 4.55. The van der Waals surface area contributed by atoms with Crippen LogP contribution in [-0.4, -0.2) is 16.0 Å². The molecule has 0 unspecified atom stereocenters. The number of aryl methyl sites for hydroxylation is 1. The normalized spacial score (nSPS) is 9.06. The lowest BCUT2D eigenvalue weighted by Gasteiger charge is -1.96. The lowest BCUT2D eigenvalue weighted by Crippen LogP contribution is -1.93. The summed E-state index contributed by atoms with van der Waals surface area (Å²) in [6.07, 6.45) is -0.276. The molecule has 1 aromatic carbocycles. The van der Waals surface area contributed by atoms with Crippen LogP contribution in [0.1, 0.15) is 17.5 Å². The second-order valence-corrected chi connectivity index (χ2v) is 3.13. The largest absolute Gasteiger partial charge is 0.481 e. The monoisotopic (exact) mass is 219 g/mol. The second kappa shape index (κ2) is 4.94. The molecule has 0 bridgehead atoms. The smallest absolute Gasteiger partial charge is 0.315 e. The molecule has 0 spiro atoms. The van der Waals surface area contributed by atoms with Crippen molar-refractivity contribution in [2.75, 3.05) is 0 Å². The third-order valence-electron chi connectivity index (χ3n) is 1.88. The summed E-state index contributed by atoms with van der Waals surface area (Å²) < 4.78 is 0. The number of hydrogen-bond acceptors (Lipinski definition) is 3. The third kappa shape index (κ3) is 3.10. The first-order chi connectivity index (χ1) is 7.50. The highest BCUT2D eigenvalue weighted by atomic mass is 16.6. The van der Waals surface area contributed by atoms with Gasteiger partial charge in [0, 0.05) is 17.2 Å². The Kier molecular flexibility index (Phi) is 3.62. The molecule has 0 aliphatic carbocycles. The van der Waals surface area contributed by atoms with Gasteiger partial charge in [-0.05, 0) is 13.0 Å². The Labute approximate surface area is 91.9 Å². The van der Waals surface area contributed by atoms with Crippen LogP contribution < -0.4 is 0 Å². The summed E-state index contributed by atoms with van der Waals surface area (Å²) in [7, 11) is 0. The zero-order chi connectivity index (χ0) is 12.1. The molecule has 16 heavy (non-hydrogen) atoms. The number of aliphatic carboxylic acids is 1. The zero-order valence-corrected chi connectivity index (χ0v) is 8.56. The molecule has 5 nitrogen and oxygen atoms in total. The van der Waals surface area contributed by atoms with Gasteiger partial charge >= 0.3 is 5.97 Å². The predicted molar refractivity (Wildman–Crippen MR) is 57.0 cm³/mol. The van der Waals surface area contributed by atoms with Crippen LogP contribution in [0.15, 0.2) is 18.2 Å². The lowest BCUT2D eigenvalue weighted by atomic mass is 10.1. The van der Waals surface area contributed by atoms with Crippen LogP contribution in [0.4, 0.5) is 5.69 Å². The van der Waals surface area contributed by atoms with E-state index in [-0.39, 0.29) is 12.1 Å². The molecule has 0 aliphatic heterocycles.